The van der Waals surface area contributed by atoms with Crippen LogP contribution in [0.3, 0.4) is 0 Å². The lowest BCUT2D eigenvalue weighted by molar-refractivity contribution is -0.114. The number of hydrogen-bond acceptors (Lipinski definition) is 2. The molecule has 0 bridgehead atoms. The number of aromatic carboxylic acids is 1. The molecule has 0 fully saturated rings. The number of fused-ring (bicyclic) bond motifs is 1. The third-order valence-electron chi connectivity index (χ3n) is 2.20. The second-order valence-electron chi connectivity index (χ2n) is 3.44. The minimum Gasteiger partial charge on any atom is -0.477 e. The summed E-state index contributed by atoms with van der Waals surface area (Å²) in [6.07, 6.45) is 0. The maximum Gasteiger partial charge on any atom is 0.352 e. The molecule has 0 saturated carbocycles. The maximum atomic E-state index is 11.0. The summed E-state index contributed by atoms with van der Waals surface area (Å²) < 4.78 is 0. The number of benzene rings is 1. The summed E-state index contributed by atoms with van der Waals surface area (Å²) in [4.78, 5) is 24.5. The van der Waals surface area contributed by atoms with Gasteiger partial charge in [-0.25, -0.2) is 4.79 Å². The monoisotopic (exact) mass is 218 g/mol. The number of rotatable bonds is 2. The first-order valence-corrected chi connectivity index (χ1v) is 4.70. The second-order valence-corrected chi connectivity index (χ2v) is 3.44. The third kappa shape index (κ3) is 1.75. The number of anilines is 1. The molecule has 1 aromatic carbocycles. The van der Waals surface area contributed by atoms with Crippen LogP contribution in [0.25, 0.3) is 10.9 Å². The molecule has 0 saturated heterocycles. The molecule has 0 unspecified atom stereocenters. The SMILES string of the molecule is CC(=O)Nc1cccc2cc(C(=O)O)[nH]c12. The number of carbonyl (C=O) groups is 2. The molecule has 16 heavy (non-hydrogen) atoms. The van der Waals surface area contributed by atoms with Crippen molar-refractivity contribution in [2.45, 2.75) is 6.92 Å². The molecular weight excluding hydrogens is 208 g/mol. The summed E-state index contributed by atoms with van der Waals surface area (Å²) in [6, 6.07) is 6.78. The number of para-hydroxylation sites is 1. The average Bonchev–Trinajstić information content (AvgIpc) is 2.61. The fourth-order valence-corrected chi connectivity index (χ4v) is 1.57. The van der Waals surface area contributed by atoms with Gasteiger partial charge in [-0.2, -0.15) is 0 Å². The van der Waals surface area contributed by atoms with Gasteiger partial charge in [-0.15, -0.1) is 0 Å². The van der Waals surface area contributed by atoms with Gasteiger partial charge in [0.15, 0.2) is 0 Å². The number of carboxylic acid groups (broad SMARTS) is 1. The number of aromatic nitrogens is 1. The first-order chi connectivity index (χ1) is 7.58. The van der Waals surface area contributed by atoms with E-state index in [0.29, 0.717) is 11.2 Å². The molecule has 0 radical (unpaired) electrons. The highest BCUT2D eigenvalue weighted by atomic mass is 16.4. The smallest absolute Gasteiger partial charge is 0.352 e. The van der Waals surface area contributed by atoms with Crippen LogP contribution in [-0.2, 0) is 4.79 Å². The standard InChI is InChI=1S/C11H10N2O3/c1-6(14)12-8-4-2-3-7-5-9(11(15)16)13-10(7)8/h2-5,13H,1H3,(H,12,14)(H,15,16). The number of nitrogens with one attached hydrogen (secondary N) is 2. The van der Waals surface area contributed by atoms with Crippen molar-refractivity contribution < 1.29 is 14.7 Å². The zero-order chi connectivity index (χ0) is 11.7. The van der Waals surface area contributed by atoms with Crippen molar-refractivity contribution in [1.29, 1.82) is 0 Å². The molecule has 3 N–H and O–H groups in total. The van der Waals surface area contributed by atoms with Crippen molar-refractivity contribution in [2.24, 2.45) is 0 Å². The summed E-state index contributed by atoms with van der Waals surface area (Å²) in [6.45, 7) is 1.40. The third-order valence-corrected chi connectivity index (χ3v) is 2.20. The second kappa shape index (κ2) is 3.69. The molecule has 0 aliphatic rings. The van der Waals surface area contributed by atoms with Crippen LogP contribution in [0.1, 0.15) is 17.4 Å². The average molecular weight is 218 g/mol. The van der Waals surface area contributed by atoms with Gasteiger partial charge in [0.2, 0.25) is 5.91 Å². The van der Waals surface area contributed by atoms with E-state index in [1.54, 1.807) is 18.2 Å². The fraction of sp³-hybridized carbons (Fsp3) is 0.0909. The van der Waals surface area contributed by atoms with Gasteiger partial charge < -0.3 is 15.4 Å². The molecule has 0 aliphatic carbocycles. The van der Waals surface area contributed by atoms with Gasteiger partial charge in [0.25, 0.3) is 0 Å². The normalized spacial score (nSPS) is 10.3. The summed E-state index contributed by atoms with van der Waals surface area (Å²) in [5, 5.41) is 12.2. The van der Waals surface area contributed by atoms with Crippen molar-refractivity contribution in [2.75, 3.05) is 5.32 Å². The quantitative estimate of drug-likeness (QED) is 0.719. The van der Waals surface area contributed by atoms with E-state index in [2.05, 4.69) is 10.3 Å². The lowest BCUT2D eigenvalue weighted by atomic mass is 10.2. The van der Waals surface area contributed by atoms with Crippen LogP contribution < -0.4 is 5.32 Å². The largest absolute Gasteiger partial charge is 0.477 e. The van der Waals surface area contributed by atoms with Crippen LogP contribution in [-0.4, -0.2) is 22.0 Å². The van der Waals surface area contributed by atoms with Crippen LogP contribution in [0, 0.1) is 0 Å². The van der Waals surface area contributed by atoms with Crippen LogP contribution in [0.2, 0.25) is 0 Å². The van der Waals surface area contributed by atoms with Gasteiger partial charge >= 0.3 is 5.97 Å². The lowest BCUT2D eigenvalue weighted by Gasteiger charge is -2.02. The zero-order valence-electron chi connectivity index (χ0n) is 8.57. The number of aromatic amines is 1. The minimum absolute atomic E-state index is 0.104. The number of carboxylic acids is 1. The molecule has 5 nitrogen and oxygen atoms in total. The molecule has 1 amide bonds. The van der Waals surface area contributed by atoms with Crippen molar-refractivity contribution in [3.05, 3.63) is 30.0 Å². The highest BCUT2D eigenvalue weighted by Crippen LogP contribution is 2.23. The molecule has 2 aromatic rings. The Labute approximate surface area is 91.1 Å². The Morgan fingerprint density at radius 1 is 1.38 bits per heavy atom. The summed E-state index contributed by atoms with van der Waals surface area (Å²) in [5.41, 5.74) is 1.31. The summed E-state index contributed by atoms with van der Waals surface area (Å²) >= 11 is 0. The van der Waals surface area contributed by atoms with Gasteiger partial charge in [-0.1, -0.05) is 12.1 Å². The lowest BCUT2D eigenvalue weighted by Crippen LogP contribution is -2.06. The molecule has 2 rings (SSSR count). The predicted octanol–water partition coefficient (Wildman–Crippen LogP) is 1.82. The minimum atomic E-state index is -1.02. The van der Waals surface area contributed by atoms with Gasteiger partial charge in [-0.05, 0) is 12.1 Å². The zero-order valence-corrected chi connectivity index (χ0v) is 8.57. The van der Waals surface area contributed by atoms with E-state index in [9.17, 15) is 9.59 Å². The van der Waals surface area contributed by atoms with E-state index >= 15 is 0 Å². The van der Waals surface area contributed by atoms with Crippen LogP contribution in [0.4, 0.5) is 5.69 Å². The van der Waals surface area contributed by atoms with Gasteiger partial charge in [0.05, 0.1) is 11.2 Å². The van der Waals surface area contributed by atoms with E-state index in [0.717, 1.165) is 5.39 Å². The predicted molar refractivity (Wildman–Crippen MR) is 59.6 cm³/mol. The Kier molecular flexibility index (Phi) is 2.36. The number of amides is 1. The van der Waals surface area contributed by atoms with Gasteiger partial charge in [0, 0.05) is 12.3 Å². The molecule has 5 heteroatoms. The molecule has 1 heterocycles. The van der Waals surface area contributed by atoms with Crippen LogP contribution >= 0.6 is 0 Å². The number of hydrogen-bond donors (Lipinski definition) is 3. The summed E-state index contributed by atoms with van der Waals surface area (Å²) in [7, 11) is 0. The molecular formula is C11H10N2O3. The highest BCUT2D eigenvalue weighted by molar-refractivity contribution is 6.02. The first-order valence-electron chi connectivity index (χ1n) is 4.70. The van der Waals surface area contributed by atoms with Gasteiger partial charge in [0.1, 0.15) is 5.69 Å². The van der Waals surface area contributed by atoms with Crippen molar-refractivity contribution in [1.82, 2.24) is 4.98 Å². The van der Waals surface area contributed by atoms with Crippen molar-refractivity contribution in [3.8, 4) is 0 Å². The Balaban J connectivity index is 2.58. The Hall–Kier alpha value is -2.30. The van der Waals surface area contributed by atoms with Crippen LogP contribution in [0.5, 0.6) is 0 Å². The van der Waals surface area contributed by atoms with Crippen LogP contribution in [0.15, 0.2) is 24.3 Å². The van der Waals surface area contributed by atoms with E-state index in [1.807, 2.05) is 0 Å². The van der Waals surface area contributed by atoms with E-state index in [4.69, 9.17) is 5.11 Å². The molecule has 0 atom stereocenters. The topological polar surface area (TPSA) is 82.2 Å². The number of H-pyrrole nitrogens is 1. The Bertz CT molecular complexity index is 572. The van der Waals surface area contributed by atoms with Crippen molar-refractivity contribution >= 4 is 28.5 Å². The van der Waals surface area contributed by atoms with E-state index in [-0.39, 0.29) is 11.6 Å². The highest BCUT2D eigenvalue weighted by Gasteiger charge is 2.10. The number of carbonyl (C=O) groups excluding carboxylic acids is 1. The molecule has 82 valence electrons. The van der Waals surface area contributed by atoms with E-state index in [1.165, 1.54) is 13.0 Å². The van der Waals surface area contributed by atoms with Gasteiger partial charge in [-0.3, -0.25) is 4.79 Å². The Morgan fingerprint density at radius 3 is 2.75 bits per heavy atom. The first kappa shape index (κ1) is 10.2. The molecule has 0 aliphatic heterocycles. The van der Waals surface area contributed by atoms with Crippen molar-refractivity contribution in [3.63, 3.8) is 0 Å². The Morgan fingerprint density at radius 2 is 2.12 bits per heavy atom. The molecule has 1 aromatic heterocycles. The van der Waals surface area contributed by atoms with E-state index < -0.39 is 5.97 Å². The fourth-order valence-electron chi connectivity index (χ4n) is 1.57. The summed E-state index contributed by atoms with van der Waals surface area (Å²) in [5.74, 6) is -1.22. The molecule has 0 spiro atoms. The maximum absolute atomic E-state index is 11.0.